The zero-order valence-corrected chi connectivity index (χ0v) is 11.7. The Morgan fingerprint density at radius 3 is 2.72 bits per heavy atom. The minimum Gasteiger partial charge on any atom is -0.388 e. The van der Waals surface area contributed by atoms with Crippen molar-refractivity contribution in [1.82, 2.24) is 10.2 Å². The van der Waals surface area contributed by atoms with Gasteiger partial charge in [-0.1, -0.05) is 18.7 Å². The highest BCUT2D eigenvalue weighted by atomic mass is 32.2. The molecule has 1 fully saturated rings. The lowest BCUT2D eigenvalue weighted by atomic mass is 9.98. The molecule has 5 atom stereocenters. The van der Waals surface area contributed by atoms with Crippen LogP contribution in [-0.2, 0) is 4.74 Å². The van der Waals surface area contributed by atoms with E-state index in [9.17, 15) is 10.2 Å². The lowest BCUT2D eigenvalue weighted by Crippen LogP contribution is -2.57. The van der Waals surface area contributed by atoms with E-state index in [1.165, 1.54) is 11.8 Å². The number of aliphatic hydroxyl groups is 2. The maximum atomic E-state index is 10.1. The molecule has 2 rings (SSSR count). The largest absolute Gasteiger partial charge is 0.388 e. The third kappa shape index (κ3) is 2.65. The summed E-state index contributed by atoms with van der Waals surface area (Å²) in [4.78, 5) is 6.30. The van der Waals surface area contributed by atoms with Gasteiger partial charge < -0.3 is 25.2 Å². The van der Waals surface area contributed by atoms with Gasteiger partial charge in [0.2, 0.25) is 0 Å². The van der Waals surface area contributed by atoms with Crippen molar-refractivity contribution in [2.24, 2.45) is 4.99 Å². The first-order valence-corrected chi connectivity index (χ1v) is 7.06. The second-order valence-corrected chi connectivity index (χ2v) is 5.81. The van der Waals surface area contributed by atoms with E-state index in [1.54, 1.807) is 0 Å². The highest BCUT2D eigenvalue weighted by molar-refractivity contribution is 8.14. The van der Waals surface area contributed by atoms with Crippen LogP contribution >= 0.6 is 11.8 Å². The maximum absolute atomic E-state index is 10.1. The molecule has 0 spiro atoms. The molecule has 0 saturated carbocycles. The predicted molar refractivity (Wildman–Crippen MR) is 71.7 cm³/mol. The predicted octanol–water partition coefficient (Wildman–Crippen LogP) is -0.924. The molecule has 2 aliphatic heterocycles. The van der Waals surface area contributed by atoms with Gasteiger partial charge in [-0.25, -0.2) is 0 Å². The highest BCUT2D eigenvalue weighted by Crippen LogP contribution is 2.36. The zero-order chi connectivity index (χ0) is 13.3. The molecule has 2 aliphatic rings. The third-order valence-corrected chi connectivity index (χ3v) is 4.43. The van der Waals surface area contributed by atoms with Gasteiger partial charge in [0, 0.05) is 20.6 Å². The number of nitrogens with one attached hydrogen (secondary N) is 1. The number of hydrogen-bond donors (Lipinski definition) is 3. The summed E-state index contributed by atoms with van der Waals surface area (Å²) >= 11 is 1.50. The number of rotatable bonds is 3. The molecule has 0 radical (unpaired) electrons. The average molecular weight is 275 g/mol. The molecule has 0 unspecified atom stereocenters. The lowest BCUT2D eigenvalue weighted by molar-refractivity contribution is -0.150. The molecule has 6 nitrogen and oxygen atoms in total. The molecule has 0 amide bonds. The van der Waals surface area contributed by atoms with Crippen LogP contribution in [0, 0.1) is 0 Å². The minimum atomic E-state index is -0.892. The number of aliphatic hydroxyl groups excluding tert-OH is 2. The summed E-state index contributed by atoms with van der Waals surface area (Å²) in [5.74, 6) is 0. The Morgan fingerprint density at radius 1 is 1.39 bits per heavy atom. The van der Waals surface area contributed by atoms with Gasteiger partial charge in [-0.2, -0.15) is 0 Å². The van der Waals surface area contributed by atoms with Crippen molar-refractivity contribution in [2.75, 3.05) is 27.2 Å². The van der Waals surface area contributed by atoms with E-state index in [1.807, 2.05) is 25.9 Å². The van der Waals surface area contributed by atoms with Gasteiger partial charge in [0.15, 0.2) is 5.17 Å². The molecule has 1 saturated heterocycles. The molecule has 18 heavy (non-hydrogen) atoms. The number of hydrogen-bond acceptors (Lipinski definition) is 7. The molecule has 0 bridgehead atoms. The molecular formula is C11H21N3O3S. The van der Waals surface area contributed by atoms with E-state index < -0.39 is 12.2 Å². The molecule has 7 heteroatoms. The summed E-state index contributed by atoms with van der Waals surface area (Å²) in [5, 5.41) is 24.1. The fourth-order valence-electron chi connectivity index (χ4n) is 2.09. The summed E-state index contributed by atoms with van der Waals surface area (Å²) in [6.45, 7) is 3.34. The van der Waals surface area contributed by atoms with Crippen LogP contribution in [0.25, 0.3) is 0 Å². The van der Waals surface area contributed by atoms with Gasteiger partial charge in [-0.15, -0.1) is 0 Å². The summed E-state index contributed by atoms with van der Waals surface area (Å²) < 4.78 is 5.82. The van der Waals surface area contributed by atoms with Crippen LogP contribution < -0.4 is 5.32 Å². The average Bonchev–Trinajstić information content (AvgIpc) is 2.76. The van der Waals surface area contributed by atoms with Gasteiger partial charge in [0.05, 0.1) is 0 Å². The quantitative estimate of drug-likeness (QED) is 0.618. The van der Waals surface area contributed by atoms with Crippen LogP contribution in [0.15, 0.2) is 4.99 Å². The van der Waals surface area contributed by atoms with Crippen LogP contribution in [0.4, 0.5) is 0 Å². The van der Waals surface area contributed by atoms with Gasteiger partial charge in [-0.05, 0) is 6.54 Å². The lowest BCUT2D eigenvalue weighted by Gasteiger charge is -2.38. The summed E-state index contributed by atoms with van der Waals surface area (Å²) in [5.41, 5.74) is -0.204. The fraction of sp³-hybridized carbons (Fsp3) is 0.909. The molecule has 0 aliphatic carbocycles. The van der Waals surface area contributed by atoms with Gasteiger partial charge >= 0.3 is 0 Å². The fourth-order valence-corrected chi connectivity index (χ4v) is 3.25. The first-order valence-electron chi connectivity index (χ1n) is 6.18. The Morgan fingerprint density at radius 2 is 2.11 bits per heavy atom. The Bertz CT molecular complexity index is 327. The van der Waals surface area contributed by atoms with Crippen LogP contribution in [0.3, 0.4) is 0 Å². The number of ether oxygens (including phenoxy) is 1. The molecule has 0 aromatic rings. The second kappa shape index (κ2) is 5.75. The van der Waals surface area contributed by atoms with Crippen molar-refractivity contribution in [3.05, 3.63) is 0 Å². The van der Waals surface area contributed by atoms with E-state index in [0.717, 1.165) is 11.7 Å². The Hall–Kier alpha value is -0.340. The van der Waals surface area contributed by atoms with Crippen molar-refractivity contribution in [2.45, 2.75) is 36.7 Å². The van der Waals surface area contributed by atoms with Crippen molar-refractivity contribution in [1.29, 1.82) is 0 Å². The molecule has 104 valence electrons. The molecule has 0 aromatic heterocycles. The van der Waals surface area contributed by atoms with E-state index in [4.69, 9.17) is 4.74 Å². The number of amidine groups is 1. The number of aliphatic imine (C=N–C) groups is 1. The molecule has 2 heterocycles. The van der Waals surface area contributed by atoms with E-state index in [2.05, 4.69) is 10.3 Å². The van der Waals surface area contributed by atoms with Gasteiger partial charge in [-0.3, -0.25) is 4.99 Å². The van der Waals surface area contributed by atoms with Crippen molar-refractivity contribution < 1.29 is 14.9 Å². The van der Waals surface area contributed by atoms with Crippen LogP contribution in [0.1, 0.15) is 6.92 Å². The topological polar surface area (TPSA) is 77.3 Å². The van der Waals surface area contributed by atoms with Crippen molar-refractivity contribution >= 4 is 16.9 Å². The Kier molecular flexibility index (Phi) is 4.50. The van der Waals surface area contributed by atoms with Crippen molar-refractivity contribution in [3.8, 4) is 0 Å². The minimum absolute atomic E-state index is 0.204. The van der Waals surface area contributed by atoms with Gasteiger partial charge in [0.25, 0.3) is 0 Å². The highest BCUT2D eigenvalue weighted by Gasteiger charge is 2.48. The summed E-state index contributed by atoms with van der Waals surface area (Å²) in [6, 6.07) is -0.375. The monoisotopic (exact) mass is 275 g/mol. The summed E-state index contributed by atoms with van der Waals surface area (Å²) in [7, 11) is 3.81. The Labute approximate surface area is 111 Å². The molecule has 3 N–H and O–H groups in total. The summed E-state index contributed by atoms with van der Waals surface area (Å²) in [6.07, 6.45) is -2.14. The number of fused-ring (bicyclic) bond motifs is 1. The van der Waals surface area contributed by atoms with E-state index in [0.29, 0.717) is 6.54 Å². The maximum Gasteiger partial charge on any atom is 0.161 e. The van der Waals surface area contributed by atoms with E-state index in [-0.39, 0.29) is 17.6 Å². The zero-order valence-electron chi connectivity index (χ0n) is 10.9. The Balaban J connectivity index is 2.04. The third-order valence-electron chi connectivity index (χ3n) is 3.13. The SMILES string of the molecule is CCNC[C@H]1O[C@@H]2SC(N(C)C)=N[C@@H]2[C@@H](O)[C@@H]1O. The number of nitrogens with zero attached hydrogens (tertiary/aromatic N) is 2. The van der Waals surface area contributed by atoms with Crippen LogP contribution in [-0.4, -0.2) is 77.3 Å². The van der Waals surface area contributed by atoms with Crippen LogP contribution in [0.2, 0.25) is 0 Å². The smallest absolute Gasteiger partial charge is 0.161 e. The van der Waals surface area contributed by atoms with Crippen molar-refractivity contribution in [3.63, 3.8) is 0 Å². The normalized spacial score (nSPS) is 39.4. The number of likely N-dealkylation sites (N-methyl/N-ethyl adjacent to an activating group) is 1. The number of thioether (sulfide) groups is 1. The second-order valence-electron chi connectivity index (χ2n) is 4.75. The first kappa shape index (κ1) is 14.1. The van der Waals surface area contributed by atoms with Gasteiger partial charge in [0.1, 0.15) is 29.8 Å². The standard InChI is InChI=1S/C11H21N3O3S/c1-4-12-5-6-8(15)9(16)7-10(17-6)18-11(13-7)14(2)3/h6-10,12,15-16H,4-5H2,1-3H3/t6-,7-,8-,9-,10-/m1/s1. The first-order chi connectivity index (χ1) is 8.54. The van der Waals surface area contributed by atoms with Crippen LogP contribution in [0.5, 0.6) is 0 Å². The molecular weight excluding hydrogens is 254 g/mol. The van der Waals surface area contributed by atoms with E-state index >= 15 is 0 Å². The molecule has 0 aromatic carbocycles.